The van der Waals surface area contributed by atoms with Gasteiger partial charge in [-0.1, -0.05) is 48.5 Å². The molecule has 18 nitrogen and oxygen atoms in total. The predicted octanol–water partition coefficient (Wildman–Crippen LogP) is 4.45. The summed E-state index contributed by atoms with van der Waals surface area (Å²) in [5.74, 6) is -2.47. The number of ether oxygens (including phenoxy) is 12. The van der Waals surface area contributed by atoms with Gasteiger partial charge in [0.15, 0.2) is 43.3 Å². The maximum atomic E-state index is 12.8. The van der Waals surface area contributed by atoms with E-state index in [4.69, 9.17) is 56.8 Å². The van der Waals surface area contributed by atoms with Gasteiger partial charge in [0, 0.05) is 46.4 Å². The van der Waals surface area contributed by atoms with Gasteiger partial charge < -0.3 is 62.2 Å². The van der Waals surface area contributed by atoms with Gasteiger partial charge in [-0.3, -0.25) is 19.2 Å². The molecule has 18 heteroatoms. The van der Waals surface area contributed by atoms with E-state index in [1.807, 2.05) is 36.4 Å². The highest BCUT2D eigenvalue weighted by Crippen LogP contribution is 2.39. The highest BCUT2D eigenvalue weighted by Gasteiger charge is 2.58. The van der Waals surface area contributed by atoms with E-state index >= 15 is 0 Å². The molecule has 1 N–H and O–H groups in total. The van der Waals surface area contributed by atoms with Gasteiger partial charge in [-0.2, -0.15) is 0 Å². The van der Waals surface area contributed by atoms with E-state index in [9.17, 15) is 24.0 Å². The van der Waals surface area contributed by atoms with Gasteiger partial charge in [-0.05, 0) is 52.2 Å². The van der Waals surface area contributed by atoms with Crippen molar-refractivity contribution in [3.63, 3.8) is 0 Å². The van der Waals surface area contributed by atoms with Crippen LogP contribution in [0.5, 0.6) is 5.75 Å². The van der Waals surface area contributed by atoms with Gasteiger partial charge >= 0.3 is 30.0 Å². The molecule has 0 aromatic heterocycles. The fourth-order valence-electron chi connectivity index (χ4n) is 6.99. The molecule has 0 spiro atoms. The average molecular weight is 860 g/mol. The quantitative estimate of drug-likeness (QED) is 0.132. The van der Waals surface area contributed by atoms with Gasteiger partial charge in [0.2, 0.25) is 0 Å². The Bertz CT molecular complexity index is 1740. The Balaban J connectivity index is 1.41. The highest BCUT2D eigenvalue weighted by atomic mass is 16.8. The second-order valence-corrected chi connectivity index (χ2v) is 15.6. The number of benzene rings is 2. The third-order valence-corrected chi connectivity index (χ3v) is 9.38. The van der Waals surface area contributed by atoms with Crippen molar-refractivity contribution in [2.24, 2.45) is 0 Å². The predicted molar refractivity (Wildman–Crippen MR) is 210 cm³/mol. The fraction of sp³-hybridized carbons (Fsp3) is 0.605. The molecule has 5 rings (SSSR count). The SMILES string of the molecule is CC(=O)OC1C(OC(C)=O)[C@H](O[C@@H]2OC3COC(c4ccccc4)O[C@@H]3C(OC(C)=O)[C@@H]2OC(C)=O)C(COc2ccccc2)O[C@H]1OCCCCCNC(=O)OC(C)(C)C. The molecule has 6 unspecified atom stereocenters. The molecule has 3 aliphatic heterocycles. The van der Waals surface area contributed by atoms with Crippen LogP contribution in [0, 0.1) is 0 Å². The van der Waals surface area contributed by atoms with Crippen molar-refractivity contribution in [1.29, 1.82) is 0 Å². The molecule has 3 aliphatic rings. The lowest BCUT2D eigenvalue weighted by Gasteiger charge is -2.50. The van der Waals surface area contributed by atoms with E-state index in [0.717, 1.165) is 0 Å². The number of carbonyl (C=O) groups is 5. The Labute approximate surface area is 355 Å². The fourth-order valence-corrected chi connectivity index (χ4v) is 6.99. The number of amides is 1. The Morgan fingerprint density at radius 1 is 0.672 bits per heavy atom. The van der Waals surface area contributed by atoms with Crippen LogP contribution in [0.25, 0.3) is 0 Å². The summed E-state index contributed by atoms with van der Waals surface area (Å²) in [5, 5.41) is 2.72. The first kappa shape index (κ1) is 47.2. The first-order chi connectivity index (χ1) is 29.1. The van der Waals surface area contributed by atoms with Crippen molar-refractivity contribution in [2.45, 2.75) is 141 Å². The third kappa shape index (κ3) is 14.4. The zero-order valence-electron chi connectivity index (χ0n) is 35.5. The number of esters is 4. The Hall–Kier alpha value is -4.85. The number of rotatable bonds is 17. The largest absolute Gasteiger partial charge is 0.491 e. The van der Waals surface area contributed by atoms with Crippen LogP contribution in [0.1, 0.15) is 79.6 Å². The van der Waals surface area contributed by atoms with Crippen molar-refractivity contribution in [3.8, 4) is 5.75 Å². The molecular formula is C43H57NO17. The summed E-state index contributed by atoms with van der Waals surface area (Å²) in [6, 6.07) is 17.9. The van der Waals surface area contributed by atoms with E-state index in [2.05, 4.69) is 5.32 Å². The molecule has 1 amide bonds. The lowest BCUT2D eigenvalue weighted by atomic mass is 9.95. The Morgan fingerprint density at radius 2 is 1.26 bits per heavy atom. The minimum Gasteiger partial charge on any atom is -0.491 e. The zero-order valence-corrected chi connectivity index (χ0v) is 35.5. The Morgan fingerprint density at radius 3 is 1.89 bits per heavy atom. The molecule has 336 valence electrons. The van der Waals surface area contributed by atoms with Gasteiger partial charge in [0.1, 0.15) is 42.4 Å². The van der Waals surface area contributed by atoms with Crippen LogP contribution >= 0.6 is 0 Å². The number of hydrogen-bond donors (Lipinski definition) is 1. The molecule has 2 aromatic rings. The summed E-state index contributed by atoms with van der Waals surface area (Å²) < 4.78 is 72.5. The second-order valence-electron chi connectivity index (χ2n) is 15.6. The number of para-hydroxylation sites is 1. The third-order valence-electron chi connectivity index (χ3n) is 9.38. The summed E-state index contributed by atoms with van der Waals surface area (Å²) in [5.41, 5.74) is 0.0712. The normalized spacial score (nSPS) is 28.6. The van der Waals surface area contributed by atoms with Crippen LogP contribution in [-0.2, 0) is 71.3 Å². The van der Waals surface area contributed by atoms with E-state index < -0.39 is 103 Å². The molecule has 0 bridgehead atoms. The number of nitrogens with one attached hydrogen (secondary N) is 1. The smallest absolute Gasteiger partial charge is 0.407 e. The molecule has 61 heavy (non-hydrogen) atoms. The minimum atomic E-state index is -1.52. The van der Waals surface area contributed by atoms with E-state index in [-0.39, 0.29) is 19.8 Å². The van der Waals surface area contributed by atoms with E-state index in [1.165, 1.54) is 27.7 Å². The van der Waals surface area contributed by atoms with Crippen molar-refractivity contribution in [1.82, 2.24) is 5.32 Å². The lowest BCUT2D eigenvalue weighted by Crippen LogP contribution is -2.68. The zero-order chi connectivity index (χ0) is 44.1. The van der Waals surface area contributed by atoms with Crippen molar-refractivity contribution < 1.29 is 80.8 Å². The summed E-state index contributed by atoms with van der Waals surface area (Å²) in [7, 11) is 0. The molecule has 0 aliphatic carbocycles. The average Bonchev–Trinajstić information content (AvgIpc) is 3.19. The maximum Gasteiger partial charge on any atom is 0.407 e. The molecule has 2 aromatic carbocycles. The standard InChI is InChI=1S/C43H57NO17/c1-25(45)53-35-34(60-41-38(56-28(4)48)36(54-26(2)46)33-32(58-41)24-52-39(59-33)29-17-11-8-12-18-29)31(23-51-30-19-13-9-14-20-30)57-40(37(35)55-27(3)47)50-22-16-10-15-21-44-42(49)61-43(5,6)7/h8-9,11-14,17-20,31-41H,10,15-16,21-24H2,1-7H3,(H,44,49)/t31?,32?,33-,34+,35?,36?,37?,38-,39?,40+,41-/m0/s1. The summed E-state index contributed by atoms with van der Waals surface area (Å²) in [4.78, 5) is 62.8. The van der Waals surface area contributed by atoms with Gasteiger partial charge in [0.25, 0.3) is 0 Å². The number of carbonyl (C=O) groups excluding carboxylic acids is 5. The van der Waals surface area contributed by atoms with Gasteiger partial charge in [-0.15, -0.1) is 0 Å². The first-order valence-corrected chi connectivity index (χ1v) is 20.3. The van der Waals surface area contributed by atoms with E-state index in [1.54, 1.807) is 45.0 Å². The van der Waals surface area contributed by atoms with Gasteiger partial charge in [0.05, 0.1) is 6.61 Å². The van der Waals surface area contributed by atoms with Crippen LogP contribution in [-0.4, -0.2) is 123 Å². The molecule has 3 fully saturated rings. The number of fused-ring (bicyclic) bond motifs is 1. The monoisotopic (exact) mass is 859 g/mol. The first-order valence-electron chi connectivity index (χ1n) is 20.3. The van der Waals surface area contributed by atoms with Crippen LogP contribution < -0.4 is 10.1 Å². The Kier molecular flexibility index (Phi) is 17.3. The molecule has 3 heterocycles. The summed E-state index contributed by atoms with van der Waals surface area (Å²) in [6.45, 7) is 10.3. The minimum absolute atomic E-state index is 0.0488. The van der Waals surface area contributed by atoms with Crippen LogP contribution in [0.15, 0.2) is 60.7 Å². The number of unbranched alkanes of at least 4 members (excludes halogenated alkanes) is 2. The van der Waals surface area contributed by atoms with Crippen molar-refractivity contribution in [3.05, 3.63) is 66.2 Å². The van der Waals surface area contributed by atoms with Crippen LogP contribution in [0.3, 0.4) is 0 Å². The highest BCUT2D eigenvalue weighted by molar-refractivity contribution is 5.68. The summed E-state index contributed by atoms with van der Waals surface area (Å²) in [6.07, 6.45) is -12.3. The van der Waals surface area contributed by atoms with Gasteiger partial charge in [-0.25, -0.2) is 4.79 Å². The topological polar surface area (TPSA) is 208 Å². The second kappa shape index (κ2) is 22.3. The van der Waals surface area contributed by atoms with Crippen LogP contribution in [0.2, 0.25) is 0 Å². The number of hydrogen-bond acceptors (Lipinski definition) is 17. The van der Waals surface area contributed by atoms with E-state index in [0.29, 0.717) is 37.1 Å². The van der Waals surface area contributed by atoms with Crippen LogP contribution in [0.4, 0.5) is 4.79 Å². The molecule has 3 saturated heterocycles. The van der Waals surface area contributed by atoms with Crippen molar-refractivity contribution in [2.75, 3.05) is 26.4 Å². The summed E-state index contributed by atoms with van der Waals surface area (Å²) >= 11 is 0. The van der Waals surface area contributed by atoms with Crippen molar-refractivity contribution >= 4 is 30.0 Å². The number of alkyl carbamates (subject to hydrolysis) is 1. The molecule has 0 radical (unpaired) electrons. The molecular weight excluding hydrogens is 802 g/mol. The maximum absolute atomic E-state index is 12.8. The lowest BCUT2D eigenvalue weighted by molar-refractivity contribution is -0.385. The molecule has 0 saturated carbocycles. The molecule has 11 atom stereocenters.